The number of carbonyl (C=O) groups excluding carboxylic acids is 1. The van der Waals surface area contributed by atoms with Gasteiger partial charge in [0.25, 0.3) is 0 Å². The third-order valence-electron chi connectivity index (χ3n) is 1.84. The molecule has 1 rings (SSSR count). The average Bonchev–Trinajstić information content (AvgIpc) is 2.56. The van der Waals surface area contributed by atoms with E-state index in [2.05, 4.69) is 9.84 Å². The van der Waals surface area contributed by atoms with Crippen LogP contribution in [0.1, 0.15) is 22.2 Å². The number of aliphatic hydroxyl groups is 1. The van der Waals surface area contributed by atoms with Gasteiger partial charge in [0.2, 0.25) is 0 Å². The van der Waals surface area contributed by atoms with E-state index in [0.29, 0.717) is 0 Å². The molecule has 1 atom stereocenters. The zero-order valence-corrected chi connectivity index (χ0v) is 8.45. The molecule has 0 fully saturated rings. The molecule has 0 bridgehead atoms. The number of alkyl halides is 3. The number of aromatic nitrogens is 2. The number of methoxy groups -OCH3 is 1. The highest BCUT2D eigenvalue weighted by Gasteiger charge is 2.42. The molecule has 1 aromatic rings. The Morgan fingerprint density at radius 2 is 2.19 bits per heavy atom. The summed E-state index contributed by atoms with van der Waals surface area (Å²) in [5.41, 5.74) is -1.17. The van der Waals surface area contributed by atoms with Crippen LogP contribution in [-0.2, 0) is 11.8 Å². The van der Waals surface area contributed by atoms with Crippen LogP contribution in [0.15, 0.2) is 6.20 Å². The molecule has 0 aliphatic carbocycles. The first-order chi connectivity index (χ1) is 7.27. The van der Waals surface area contributed by atoms with E-state index in [9.17, 15) is 18.0 Å². The van der Waals surface area contributed by atoms with Crippen LogP contribution in [0.2, 0.25) is 0 Å². The van der Waals surface area contributed by atoms with Gasteiger partial charge in [0.1, 0.15) is 0 Å². The molecule has 0 spiro atoms. The molecule has 1 aromatic heterocycles. The highest BCUT2D eigenvalue weighted by atomic mass is 19.4. The molecule has 0 aliphatic heterocycles. The Labute approximate surface area is 88.4 Å². The number of esters is 1. The van der Waals surface area contributed by atoms with E-state index >= 15 is 0 Å². The normalized spacial score (nSPS) is 13.6. The van der Waals surface area contributed by atoms with Gasteiger partial charge in [-0.2, -0.15) is 18.3 Å². The van der Waals surface area contributed by atoms with E-state index in [1.54, 1.807) is 0 Å². The summed E-state index contributed by atoms with van der Waals surface area (Å²) in [6, 6.07) is 0. The zero-order valence-electron chi connectivity index (χ0n) is 8.45. The van der Waals surface area contributed by atoms with Gasteiger partial charge in [-0.1, -0.05) is 0 Å². The fourth-order valence-corrected chi connectivity index (χ4v) is 1.14. The number of rotatable bonds is 2. The van der Waals surface area contributed by atoms with Gasteiger partial charge >= 0.3 is 12.1 Å². The monoisotopic (exact) mass is 238 g/mol. The topological polar surface area (TPSA) is 64.3 Å². The van der Waals surface area contributed by atoms with E-state index in [1.165, 1.54) is 7.05 Å². The molecule has 0 saturated carbocycles. The lowest BCUT2D eigenvalue weighted by Gasteiger charge is -2.13. The summed E-state index contributed by atoms with van der Waals surface area (Å²) >= 11 is 0. The maximum atomic E-state index is 12.3. The molecule has 8 heteroatoms. The lowest BCUT2D eigenvalue weighted by molar-refractivity contribution is -0.206. The minimum atomic E-state index is -4.86. The van der Waals surface area contributed by atoms with E-state index in [1.807, 2.05) is 0 Å². The second kappa shape index (κ2) is 4.12. The van der Waals surface area contributed by atoms with Gasteiger partial charge in [-0.15, -0.1) is 0 Å². The predicted octanol–water partition coefficient (Wildman–Crippen LogP) is 0.802. The van der Waals surface area contributed by atoms with Gasteiger partial charge in [-0.3, -0.25) is 4.68 Å². The van der Waals surface area contributed by atoms with E-state index in [4.69, 9.17) is 5.11 Å². The number of hydrogen-bond donors (Lipinski definition) is 1. The van der Waals surface area contributed by atoms with Crippen LogP contribution < -0.4 is 0 Å². The third kappa shape index (κ3) is 2.32. The van der Waals surface area contributed by atoms with Crippen molar-refractivity contribution in [2.45, 2.75) is 12.3 Å². The Kier molecular flexibility index (Phi) is 3.22. The highest BCUT2D eigenvalue weighted by Crippen LogP contribution is 2.33. The second-order valence-corrected chi connectivity index (χ2v) is 3.04. The van der Waals surface area contributed by atoms with Gasteiger partial charge in [0.15, 0.2) is 11.8 Å². The SMILES string of the molecule is COC(=O)c1nn(C)cc1[C@@H](O)C(F)(F)F. The summed E-state index contributed by atoms with van der Waals surface area (Å²) < 4.78 is 42.0. The molecule has 0 aliphatic rings. The van der Waals surface area contributed by atoms with Crippen LogP contribution >= 0.6 is 0 Å². The quantitative estimate of drug-likeness (QED) is 0.774. The molecule has 0 radical (unpaired) electrons. The van der Waals surface area contributed by atoms with Gasteiger partial charge < -0.3 is 9.84 Å². The van der Waals surface area contributed by atoms with E-state index in [0.717, 1.165) is 18.0 Å². The molecular weight excluding hydrogens is 229 g/mol. The first-order valence-electron chi connectivity index (χ1n) is 4.14. The smallest absolute Gasteiger partial charge is 0.418 e. The van der Waals surface area contributed by atoms with Crippen molar-refractivity contribution in [2.75, 3.05) is 7.11 Å². The standard InChI is InChI=1S/C8H9F3N2O3/c1-13-3-4(6(14)8(9,10)11)5(12-13)7(15)16-2/h3,6,14H,1-2H3/t6-/m1/s1. The summed E-state index contributed by atoms with van der Waals surface area (Å²) in [6.07, 6.45) is -6.69. The first-order valence-corrected chi connectivity index (χ1v) is 4.14. The summed E-state index contributed by atoms with van der Waals surface area (Å²) in [5, 5.41) is 12.5. The van der Waals surface area contributed by atoms with Crippen LogP contribution in [0.3, 0.4) is 0 Å². The maximum Gasteiger partial charge on any atom is 0.418 e. The number of nitrogens with zero attached hydrogens (tertiary/aromatic N) is 2. The third-order valence-corrected chi connectivity index (χ3v) is 1.84. The van der Waals surface area contributed by atoms with Crippen molar-refractivity contribution in [2.24, 2.45) is 7.05 Å². The Hall–Kier alpha value is -1.57. The number of carbonyl (C=O) groups is 1. The van der Waals surface area contributed by atoms with Gasteiger partial charge in [0, 0.05) is 18.8 Å². The Morgan fingerprint density at radius 3 is 2.62 bits per heavy atom. The van der Waals surface area contributed by atoms with Crippen LogP contribution in [-0.4, -0.2) is 34.1 Å². The lowest BCUT2D eigenvalue weighted by atomic mass is 10.1. The summed E-state index contributed by atoms with van der Waals surface area (Å²) in [5.74, 6) is -1.03. The molecular formula is C8H9F3N2O3. The highest BCUT2D eigenvalue weighted by molar-refractivity contribution is 5.88. The number of halogens is 3. The van der Waals surface area contributed by atoms with Crippen molar-refractivity contribution in [1.29, 1.82) is 0 Å². The maximum absolute atomic E-state index is 12.3. The van der Waals surface area contributed by atoms with E-state index < -0.39 is 29.5 Å². The fraction of sp³-hybridized carbons (Fsp3) is 0.500. The number of hydrogen-bond acceptors (Lipinski definition) is 4. The van der Waals surface area contributed by atoms with Crippen LogP contribution in [0.4, 0.5) is 13.2 Å². The molecule has 5 nitrogen and oxygen atoms in total. The molecule has 0 aromatic carbocycles. The summed E-state index contributed by atoms with van der Waals surface area (Å²) in [6.45, 7) is 0. The van der Waals surface area contributed by atoms with Crippen molar-refractivity contribution in [3.8, 4) is 0 Å². The van der Waals surface area contributed by atoms with Crippen molar-refractivity contribution in [3.63, 3.8) is 0 Å². The molecule has 0 saturated heterocycles. The van der Waals surface area contributed by atoms with Crippen LogP contribution in [0.5, 0.6) is 0 Å². The zero-order chi connectivity index (χ0) is 12.5. The van der Waals surface area contributed by atoms with Gasteiger partial charge in [-0.05, 0) is 0 Å². The summed E-state index contributed by atoms with van der Waals surface area (Å²) in [7, 11) is 2.35. The Morgan fingerprint density at radius 1 is 1.62 bits per heavy atom. The van der Waals surface area contributed by atoms with Crippen molar-refractivity contribution in [1.82, 2.24) is 9.78 Å². The van der Waals surface area contributed by atoms with Gasteiger partial charge in [-0.25, -0.2) is 4.79 Å². The fourth-order valence-electron chi connectivity index (χ4n) is 1.14. The van der Waals surface area contributed by atoms with Gasteiger partial charge in [0.05, 0.1) is 7.11 Å². The lowest BCUT2D eigenvalue weighted by Crippen LogP contribution is -2.22. The van der Waals surface area contributed by atoms with Crippen molar-refractivity contribution in [3.05, 3.63) is 17.5 Å². The molecule has 1 N–H and O–H groups in total. The molecule has 1 heterocycles. The minimum Gasteiger partial charge on any atom is -0.464 e. The first kappa shape index (κ1) is 12.5. The largest absolute Gasteiger partial charge is 0.464 e. The summed E-state index contributed by atoms with van der Waals surface area (Å²) in [4.78, 5) is 11.1. The average molecular weight is 238 g/mol. The predicted molar refractivity (Wildman–Crippen MR) is 45.6 cm³/mol. The number of aliphatic hydroxyl groups excluding tert-OH is 1. The van der Waals surface area contributed by atoms with Crippen molar-refractivity contribution < 1.29 is 27.8 Å². The Balaban J connectivity index is 3.18. The van der Waals surface area contributed by atoms with Crippen molar-refractivity contribution >= 4 is 5.97 Å². The second-order valence-electron chi connectivity index (χ2n) is 3.04. The number of ether oxygens (including phenoxy) is 1. The van der Waals surface area contributed by atoms with Crippen LogP contribution in [0.25, 0.3) is 0 Å². The number of aryl methyl sites for hydroxylation is 1. The molecule has 0 unspecified atom stereocenters. The van der Waals surface area contributed by atoms with E-state index in [-0.39, 0.29) is 0 Å². The molecule has 16 heavy (non-hydrogen) atoms. The molecule has 0 amide bonds. The van der Waals surface area contributed by atoms with Crippen LogP contribution in [0, 0.1) is 0 Å². The Bertz CT molecular complexity index is 400. The molecule has 90 valence electrons. The minimum absolute atomic E-state index is 0.546.